The Morgan fingerprint density at radius 3 is 2.54 bits per heavy atom. The van der Waals surface area contributed by atoms with Crippen molar-refractivity contribution in [3.63, 3.8) is 0 Å². The lowest BCUT2D eigenvalue weighted by Gasteiger charge is -2.40. The molecule has 1 atom stereocenters. The fraction of sp³-hybridized carbons (Fsp3) is 0.462. The van der Waals surface area contributed by atoms with Crippen LogP contribution in [-0.4, -0.2) is 77.9 Å². The third-order valence-electron chi connectivity index (χ3n) is 5.43. The highest BCUT2D eigenvalue weighted by Gasteiger charge is 2.36. The number of amides is 2. The van der Waals surface area contributed by atoms with Gasteiger partial charge in [0.1, 0.15) is 18.8 Å². The molecule has 0 radical (unpaired) electrons. The minimum Gasteiger partial charge on any atom is -0.475 e. The molecule has 1 aliphatic heterocycles. The molecule has 0 spiro atoms. The van der Waals surface area contributed by atoms with Crippen molar-refractivity contribution in [3.8, 4) is 5.88 Å². The third kappa shape index (κ3) is 8.08. The van der Waals surface area contributed by atoms with Gasteiger partial charge in [-0.3, -0.25) is 4.90 Å². The number of hydrogen-bond acceptors (Lipinski definition) is 8. The van der Waals surface area contributed by atoms with Crippen LogP contribution in [0.4, 0.5) is 9.59 Å². The van der Waals surface area contributed by atoms with E-state index in [4.69, 9.17) is 18.9 Å². The van der Waals surface area contributed by atoms with Gasteiger partial charge in [-0.1, -0.05) is 29.8 Å². The molecule has 0 bridgehead atoms. The van der Waals surface area contributed by atoms with E-state index < -0.39 is 29.8 Å². The molecule has 0 N–H and O–H groups in total. The lowest BCUT2D eigenvalue weighted by Crippen LogP contribution is -2.59. The van der Waals surface area contributed by atoms with Crippen LogP contribution in [0.3, 0.4) is 0 Å². The fourth-order valence-corrected chi connectivity index (χ4v) is 4.02. The smallest absolute Gasteiger partial charge is 0.410 e. The Labute approximate surface area is 225 Å². The van der Waals surface area contributed by atoms with Crippen LogP contribution >= 0.6 is 15.9 Å². The summed E-state index contributed by atoms with van der Waals surface area (Å²) in [5.41, 5.74) is 1.36. The van der Waals surface area contributed by atoms with Gasteiger partial charge in [0.25, 0.3) is 0 Å². The average molecular weight is 578 g/mol. The number of nitrogens with zero attached hydrogens (tertiary/aromatic N) is 3. The van der Waals surface area contributed by atoms with Crippen molar-refractivity contribution >= 4 is 34.1 Å². The van der Waals surface area contributed by atoms with Crippen molar-refractivity contribution in [2.75, 3.05) is 33.4 Å². The van der Waals surface area contributed by atoms with Crippen LogP contribution in [0, 0.1) is 6.92 Å². The number of halogens is 1. The molecule has 2 amide bonds. The fourth-order valence-electron chi connectivity index (χ4n) is 3.68. The van der Waals surface area contributed by atoms with Crippen LogP contribution in [0.15, 0.2) is 40.9 Å². The zero-order chi connectivity index (χ0) is 27.2. The maximum Gasteiger partial charge on any atom is 0.410 e. The second kappa shape index (κ2) is 12.3. The zero-order valence-electron chi connectivity index (χ0n) is 21.7. The number of ether oxygens (including phenoxy) is 4. The molecule has 200 valence electrons. The SMILES string of the molecule is COC(=O)c1ccc(Br)c(OC[C@@H]2CN(C(=O)OCc3cccc(C)c3)CCN2C(=O)OC(C)(C)C)n1. The molecular weight excluding hydrogens is 546 g/mol. The predicted molar refractivity (Wildman–Crippen MR) is 138 cm³/mol. The van der Waals surface area contributed by atoms with Crippen LogP contribution in [0.2, 0.25) is 0 Å². The zero-order valence-corrected chi connectivity index (χ0v) is 23.2. The Morgan fingerprint density at radius 1 is 1.11 bits per heavy atom. The van der Waals surface area contributed by atoms with Crippen molar-refractivity contribution in [2.45, 2.75) is 45.9 Å². The van der Waals surface area contributed by atoms with Crippen molar-refractivity contribution < 1.29 is 33.3 Å². The van der Waals surface area contributed by atoms with Gasteiger partial charge >= 0.3 is 18.2 Å². The van der Waals surface area contributed by atoms with Gasteiger partial charge in [-0.05, 0) is 61.3 Å². The highest BCUT2D eigenvalue weighted by atomic mass is 79.9. The largest absolute Gasteiger partial charge is 0.475 e. The van der Waals surface area contributed by atoms with Crippen LogP contribution in [0.5, 0.6) is 5.88 Å². The average Bonchev–Trinajstić information content (AvgIpc) is 2.85. The first-order valence-corrected chi connectivity index (χ1v) is 12.6. The summed E-state index contributed by atoms with van der Waals surface area (Å²) in [6, 6.07) is 10.3. The number of benzene rings is 1. The monoisotopic (exact) mass is 577 g/mol. The minimum absolute atomic E-state index is 0.00285. The van der Waals surface area contributed by atoms with Crippen molar-refractivity contribution in [1.82, 2.24) is 14.8 Å². The van der Waals surface area contributed by atoms with Crippen molar-refractivity contribution in [3.05, 3.63) is 57.7 Å². The molecule has 2 heterocycles. The highest BCUT2D eigenvalue weighted by molar-refractivity contribution is 9.10. The molecule has 0 unspecified atom stereocenters. The maximum atomic E-state index is 12.9. The Bertz CT molecular complexity index is 1140. The Balaban J connectivity index is 1.72. The summed E-state index contributed by atoms with van der Waals surface area (Å²) >= 11 is 3.36. The van der Waals surface area contributed by atoms with Crippen LogP contribution in [0.25, 0.3) is 0 Å². The summed E-state index contributed by atoms with van der Waals surface area (Å²) in [5, 5.41) is 0. The maximum absolute atomic E-state index is 12.9. The number of hydrogen-bond donors (Lipinski definition) is 0. The van der Waals surface area contributed by atoms with Crippen molar-refractivity contribution in [2.24, 2.45) is 0 Å². The second-order valence-corrected chi connectivity index (χ2v) is 10.5. The molecule has 1 aromatic carbocycles. The van der Waals surface area contributed by atoms with E-state index in [1.165, 1.54) is 23.0 Å². The van der Waals surface area contributed by atoms with Gasteiger partial charge in [-0.25, -0.2) is 19.4 Å². The molecule has 0 saturated carbocycles. The number of pyridine rings is 1. The summed E-state index contributed by atoms with van der Waals surface area (Å²) in [6.07, 6.45) is -0.994. The first kappa shape index (κ1) is 28.2. The van der Waals surface area contributed by atoms with Crippen LogP contribution < -0.4 is 4.74 Å². The lowest BCUT2D eigenvalue weighted by molar-refractivity contribution is -0.0109. The quantitative estimate of drug-likeness (QED) is 0.363. The molecule has 0 aliphatic carbocycles. The van der Waals surface area contributed by atoms with Gasteiger partial charge in [-0.15, -0.1) is 0 Å². The van der Waals surface area contributed by atoms with E-state index in [-0.39, 0.29) is 44.4 Å². The molecular formula is C26H32BrN3O7. The van der Waals surface area contributed by atoms with Gasteiger partial charge in [0, 0.05) is 19.6 Å². The van der Waals surface area contributed by atoms with Gasteiger partial charge in [0.15, 0.2) is 5.69 Å². The van der Waals surface area contributed by atoms with Crippen LogP contribution in [0.1, 0.15) is 42.4 Å². The van der Waals surface area contributed by atoms with Gasteiger partial charge < -0.3 is 23.8 Å². The lowest BCUT2D eigenvalue weighted by atomic mass is 10.1. The summed E-state index contributed by atoms with van der Waals surface area (Å²) in [5.74, 6) is -0.445. The number of aromatic nitrogens is 1. The van der Waals surface area contributed by atoms with E-state index in [0.717, 1.165) is 11.1 Å². The van der Waals surface area contributed by atoms with E-state index in [1.54, 1.807) is 26.8 Å². The molecule has 1 fully saturated rings. The number of rotatable bonds is 6. The second-order valence-electron chi connectivity index (χ2n) is 9.60. The molecule has 11 heteroatoms. The molecule has 10 nitrogen and oxygen atoms in total. The van der Waals surface area contributed by atoms with E-state index in [9.17, 15) is 14.4 Å². The van der Waals surface area contributed by atoms with Crippen LogP contribution in [-0.2, 0) is 20.8 Å². The molecule has 2 aromatic rings. The molecule has 3 rings (SSSR count). The first-order valence-electron chi connectivity index (χ1n) is 11.8. The molecule has 1 saturated heterocycles. The standard InChI is InChI=1S/C26H32BrN3O7/c1-17-7-6-8-18(13-17)15-36-24(32)29-11-12-30(25(33)37-26(2,3)4)19(14-29)16-35-22-20(27)9-10-21(28-22)23(31)34-5/h6-10,13,19H,11-12,14-16H2,1-5H3/t19-/m0/s1. The van der Waals surface area contributed by atoms with Gasteiger partial charge in [-0.2, -0.15) is 0 Å². The van der Waals surface area contributed by atoms with Gasteiger partial charge in [0.05, 0.1) is 17.6 Å². The highest BCUT2D eigenvalue weighted by Crippen LogP contribution is 2.24. The normalized spacial score (nSPS) is 15.7. The Morgan fingerprint density at radius 2 is 1.86 bits per heavy atom. The minimum atomic E-state index is -0.689. The number of methoxy groups -OCH3 is 1. The Kier molecular flexibility index (Phi) is 9.36. The third-order valence-corrected chi connectivity index (χ3v) is 6.04. The number of carbonyl (C=O) groups excluding carboxylic acids is 3. The summed E-state index contributed by atoms with van der Waals surface area (Å²) in [6.45, 7) is 8.15. The summed E-state index contributed by atoms with van der Waals surface area (Å²) in [4.78, 5) is 44.9. The number of aryl methyl sites for hydroxylation is 1. The number of carbonyl (C=O) groups is 3. The number of esters is 1. The number of piperazine rings is 1. The molecule has 37 heavy (non-hydrogen) atoms. The summed E-state index contributed by atoms with van der Waals surface area (Å²) < 4.78 is 22.2. The van der Waals surface area contributed by atoms with E-state index in [1.807, 2.05) is 31.2 Å². The van der Waals surface area contributed by atoms with Crippen molar-refractivity contribution in [1.29, 1.82) is 0 Å². The summed E-state index contributed by atoms with van der Waals surface area (Å²) in [7, 11) is 1.26. The molecule has 1 aromatic heterocycles. The predicted octanol–water partition coefficient (Wildman–Crippen LogP) is 4.58. The molecule has 1 aliphatic rings. The van der Waals surface area contributed by atoms with E-state index in [2.05, 4.69) is 20.9 Å². The van der Waals surface area contributed by atoms with Gasteiger partial charge in [0.2, 0.25) is 5.88 Å². The van der Waals surface area contributed by atoms with E-state index in [0.29, 0.717) is 4.47 Å². The Hall–Kier alpha value is -3.34. The van der Waals surface area contributed by atoms with E-state index >= 15 is 0 Å². The topological polar surface area (TPSA) is 108 Å². The first-order chi connectivity index (χ1) is 17.5.